The van der Waals surface area contributed by atoms with Gasteiger partial charge in [-0.25, -0.2) is 5.43 Å². The molecule has 1 aromatic carbocycles. The molecule has 0 aromatic heterocycles. The van der Waals surface area contributed by atoms with Crippen LogP contribution in [0.2, 0.25) is 0 Å². The number of fused-ring (bicyclic) bond motifs is 1. The van der Waals surface area contributed by atoms with Crippen molar-refractivity contribution in [3.05, 3.63) is 29.8 Å². The molecule has 4 heteroatoms. The Bertz CT molecular complexity index is 525. The molecule has 1 fully saturated rings. The highest BCUT2D eigenvalue weighted by Crippen LogP contribution is 2.35. The van der Waals surface area contributed by atoms with E-state index in [4.69, 9.17) is 4.74 Å². The summed E-state index contributed by atoms with van der Waals surface area (Å²) in [6.07, 6.45) is 4.34. The van der Waals surface area contributed by atoms with Gasteiger partial charge < -0.3 is 4.74 Å². The van der Waals surface area contributed by atoms with Gasteiger partial charge in [0.15, 0.2) is 0 Å². The van der Waals surface area contributed by atoms with Crippen LogP contribution in [-0.2, 0) is 4.79 Å². The summed E-state index contributed by atoms with van der Waals surface area (Å²) in [7, 11) is 1.66. The number of benzene rings is 1. The van der Waals surface area contributed by atoms with E-state index in [0.717, 1.165) is 36.3 Å². The SMILES string of the molecule is COc1cccc(C2=NNC(=O)C3CCCCC23)c1. The molecule has 100 valence electrons. The summed E-state index contributed by atoms with van der Waals surface area (Å²) in [4.78, 5) is 11.9. The van der Waals surface area contributed by atoms with Gasteiger partial charge in [-0.1, -0.05) is 25.0 Å². The van der Waals surface area contributed by atoms with E-state index in [0.29, 0.717) is 0 Å². The molecule has 1 aliphatic carbocycles. The van der Waals surface area contributed by atoms with Gasteiger partial charge >= 0.3 is 0 Å². The summed E-state index contributed by atoms with van der Waals surface area (Å²) in [5.74, 6) is 1.25. The third-order valence-electron chi connectivity index (χ3n) is 4.11. The zero-order chi connectivity index (χ0) is 13.2. The highest BCUT2D eigenvalue weighted by molar-refractivity contribution is 6.06. The maximum atomic E-state index is 11.9. The number of methoxy groups -OCH3 is 1. The van der Waals surface area contributed by atoms with Crippen LogP contribution in [0.1, 0.15) is 31.2 Å². The number of ether oxygens (including phenoxy) is 1. The monoisotopic (exact) mass is 258 g/mol. The minimum atomic E-state index is 0.0800. The van der Waals surface area contributed by atoms with Crippen LogP contribution in [0.15, 0.2) is 29.4 Å². The van der Waals surface area contributed by atoms with Crippen LogP contribution in [0.5, 0.6) is 5.75 Å². The van der Waals surface area contributed by atoms with Gasteiger partial charge in [0.05, 0.1) is 12.8 Å². The largest absolute Gasteiger partial charge is 0.497 e. The Balaban J connectivity index is 1.96. The molecule has 2 atom stereocenters. The fourth-order valence-corrected chi connectivity index (χ4v) is 3.11. The van der Waals surface area contributed by atoms with E-state index >= 15 is 0 Å². The van der Waals surface area contributed by atoms with Crippen LogP contribution in [0, 0.1) is 11.8 Å². The lowest BCUT2D eigenvalue weighted by Crippen LogP contribution is -2.43. The molecule has 2 unspecified atom stereocenters. The van der Waals surface area contributed by atoms with Crippen LogP contribution in [0.4, 0.5) is 0 Å². The second kappa shape index (κ2) is 5.03. The van der Waals surface area contributed by atoms with Gasteiger partial charge in [0.2, 0.25) is 5.91 Å². The minimum absolute atomic E-state index is 0.0800. The number of hydrogen-bond acceptors (Lipinski definition) is 3. The smallest absolute Gasteiger partial charge is 0.243 e. The van der Waals surface area contributed by atoms with Crippen molar-refractivity contribution in [1.29, 1.82) is 0 Å². The lowest BCUT2D eigenvalue weighted by Gasteiger charge is -2.34. The second-order valence-electron chi connectivity index (χ2n) is 5.20. The summed E-state index contributed by atoms with van der Waals surface area (Å²) in [5.41, 5.74) is 4.73. The van der Waals surface area contributed by atoms with Gasteiger partial charge in [0.25, 0.3) is 0 Å². The van der Waals surface area contributed by atoms with E-state index in [1.807, 2.05) is 24.3 Å². The number of hydrogen-bond donors (Lipinski definition) is 1. The van der Waals surface area contributed by atoms with E-state index < -0.39 is 0 Å². The Morgan fingerprint density at radius 2 is 2.05 bits per heavy atom. The summed E-state index contributed by atoms with van der Waals surface area (Å²) in [6.45, 7) is 0. The first-order valence-corrected chi connectivity index (χ1v) is 6.81. The van der Waals surface area contributed by atoms with Gasteiger partial charge in [-0.05, 0) is 25.0 Å². The fourth-order valence-electron chi connectivity index (χ4n) is 3.11. The maximum Gasteiger partial charge on any atom is 0.243 e. The standard InChI is InChI=1S/C15H18N2O2/c1-19-11-6-4-5-10(9-11)14-12-7-2-3-8-13(12)15(18)17-16-14/h4-6,9,12-13H,2-3,7-8H2,1H3,(H,17,18). The first-order chi connectivity index (χ1) is 9.29. The minimum Gasteiger partial charge on any atom is -0.497 e. The average Bonchev–Trinajstić information content (AvgIpc) is 2.48. The molecule has 19 heavy (non-hydrogen) atoms. The molecule has 1 saturated carbocycles. The molecular weight excluding hydrogens is 240 g/mol. The molecule has 4 nitrogen and oxygen atoms in total. The van der Waals surface area contributed by atoms with E-state index in [9.17, 15) is 4.79 Å². The van der Waals surface area contributed by atoms with Crippen LogP contribution >= 0.6 is 0 Å². The van der Waals surface area contributed by atoms with E-state index in [-0.39, 0.29) is 17.7 Å². The summed E-state index contributed by atoms with van der Waals surface area (Å²) in [6, 6.07) is 7.90. The molecule has 0 radical (unpaired) electrons. The number of amides is 1. The van der Waals surface area contributed by atoms with E-state index in [1.165, 1.54) is 6.42 Å². The number of rotatable bonds is 2. The molecule has 0 saturated heterocycles. The Morgan fingerprint density at radius 1 is 1.26 bits per heavy atom. The normalized spacial score (nSPS) is 26.2. The van der Waals surface area contributed by atoms with Crippen molar-refractivity contribution in [2.45, 2.75) is 25.7 Å². The summed E-state index contributed by atoms with van der Waals surface area (Å²) < 4.78 is 5.26. The predicted molar refractivity (Wildman–Crippen MR) is 73.1 cm³/mol. The number of hydrazone groups is 1. The van der Waals surface area contributed by atoms with Gasteiger partial charge in [0.1, 0.15) is 5.75 Å². The molecule has 1 amide bonds. The Hall–Kier alpha value is -1.84. The van der Waals surface area contributed by atoms with Gasteiger partial charge in [-0.3, -0.25) is 4.79 Å². The van der Waals surface area contributed by atoms with Crippen molar-refractivity contribution >= 4 is 11.6 Å². The van der Waals surface area contributed by atoms with Crippen molar-refractivity contribution in [1.82, 2.24) is 5.43 Å². The Morgan fingerprint density at radius 3 is 2.84 bits per heavy atom. The van der Waals surface area contributed by atoms with E-state index in [2.05, 4.69) is 10.5 Å². The molecule has 1 heterocycles. The van der Waals surface area contributed by atoms with Crippen molar-refractivity contribution in [2.24, 2.45) is 16.9 Å². The number of nitrogens with one attached hydrogen (secondary N) is 1. The summed E-state index contributed by atoms with van der Waals surface area (Å²) >= 11 is 0. The highest BCUT2D eigenvalue weighted by Gasteiger charge is 2.37. The maximum absolute atomic E-state index is 11.9. The van der Waals surface area contributed by atoms with Crippen LogP contribution in [0.3, 0.4) is 0 Å². The van der Waals surface area contributed by atoms with E-state index in [1.54, 1.807) is 7.11 Å². The first-order valence-electron chi connectivity index (χ1n) is 6.81. The van der Waals surface area contributed by atoms with Crippen LogP contribution in [0.25, 0.3) is 0 Å². The third-order valence-corrected chi connectivity index (χ3v) is 4.11. The van der Waals surface area contributed by atoms with Gasteiger partial charge in [-0.2, -0.15) is 5.10 Å². The lowest BCUT2D eigenvalue weighted by atomic mass is 9.74. The molecule has 0 bridgehead atoms. The summed E-state index contributed by atoms with van der Waals surface area (Å²) in [5, 5.41) is 4.30. The van der Waals surface area contributed by atoms with Crippen molar-refractivity contribution in [3.63, 3.8) is 0 Å². The third kappa shape index (κ3) is 2.23. The first kappa shape index (κ1) is 12.2. The predicted octanol–water partition coefficient (Wildman–Crippen LogP) is 2.34. The molecule has 2 aliphatic rings. The van der Waals surface area contributed by atoms with Crippen molar-refractivity contribution in [3.8, 4) is 5.75 Å². The topological polar surface area (TPSA) is 50.7 Å². The Labute approximate surface area is 112 Å². The zero-order valence-electron chi connectivity index (χ0n) is 11.1. The number of carbonyl (C=O) groups excluding carboxylic acids is 1. The van der Waals surface area contributed by atoms with Crippen LogP contribution in [-0.4, -0.2) is 18.7 Å². The second-order valence-corrected chi connectivity index (χ2v) is 5.20. The van der Waals surface area contributed by atoms with Crippen molar-refractivity contribution in [2.75, 3.05) is 7.11 Å². The highest BCUT2D eigenvalue weighted by atomic mass is 16.5. The number of carbonyl (C=O) groups is 1. The lowest BCUT2D eigenvalue weighted by molar-refractivity contribution is -0.127. The number of nitrogens with zero attached hydrogens (tertiary/aromatic N) is 1. The molecule has 1 N–H and O–H groups in total. The molecular formula is C15H18N2O2. The zero-order valence-corrected chi connectivity index (χ0v) is 11.1. The molecule has 0 spiro atoms. The van der Waals surface area contributed by atoms with Crippen LogP contribution < -0.4 is 10.2 Å². The van der Waals surface area contributed by atoms with Gasteiger partial charge in [0, 0.05) is 17.4 Å². The molecule has 3 rings (SSSR count). The van der Waals surface area contributed by atoms with Gasteiger partial charge in [-0.15, -0.1) is 0 Å². The fraction of sp³-hybridized carbons (Fsp3) is 0.467. The molecule has 1 aliphatic heterocycles. The van der Waals surface area contributed by atoms with Crippen molar-refractivity contribution < 1.29 is 9.53 Å². The average molecular weight is 258 g/mol. The Kier molecular flexibility index (Phi) is 3.23. The molecule has 1 aromatic rings. The quantitative estimate of drug-likeness (QED) is 0.885.